The van der Waals surface area contributed by atoms with Crippen molar-refractivity contribution in [2.45, 2.75) is 57.4 Å². The minimum atomic E-state index is -2.38. The van der Waals surface area contributed by atoms with Crippen molar-refractivity contribution < 1.29 is 18.7 Å². The Balaban J connectivity index is 1.47. The molecule has 0 radical (unpaired) electrons. The standard InChI is InChI=1S/C23H32F2N6O2/c24-20(25)10-15-31(14-9-19(23(32)33)30-21-8-12-26-16-28-21)13-2-1-5-18-7-6-17-4-3-11-27-22(17)29-18/h6-8,12,16,19-20H,1-5,9-11,13-15H2,(H,27,29)(H,32,33)(H,26,28,30)/t19-/m0/s1. The molecule has 0 amide bonds. The van der Waals surface area contributed by atoms with Crippen molar-refractivity contribution in [3.63, 3.8) is 0 Å². The lowest BCUT2D eigenvalue weighted by atomic mass is 10.1. The first-order valence-electron chi connectivity index (χ1n) is 11.5. The van der Waals surface area contributed by atoms with E-state index in [9.17, 15) is 18.7 Å². The molecule has 1 aliphatic heterocycles. The van der Waals surface area contributed by atoms with E-state index in [1.165, 1.54) is 18.1 Å². The van der Waals surface area contributed by atoms with Gasteiger partial charge >= 0.3 is 5.97 Å². The van der Waals surface area contributed by atoms with E-state index in [2.05, 4.69) is 32.7 Å². The van der Waals surface area contributed by atoms with E-state index in [-0.39, 0.29) is 19.4 Å². The predicted octanol–water partition coefficient (Wildman–Crippen LogP) is 3.47. The monoisotopic (exact) mass is 462 g/mol. The molecule has 1 atom stereocenters. The Morgan fingerprint density at radius 3 is 2.79 bits per heavy atom. The third-order valence-electron chi connectivity index (χ3n) is 5.71. The first kappa shape index (κ1) is 24.8. The van der Waals surface area contributed by atoms with Gasteiger partial charge in [0.15, 0.2) is 0 Å². The van der Waals surface area contributed by atoms with Crippen molar-refractivity contribution in [3.8, 4) is 0 Å². The smallest absolute Gasteiger partial charge is 0.326 e. The highest BCUT2D eigenvalue weighted by Gasteiger charge is 2.20. The van der Waals surface area contributed by atoms with Crippen LogP contribution in [0, 0.1) is 0 Å². The number of unbranched alkanes of at least 4 members (excludes halogenated alkanes) is 1. The second-order valence-electron chi connectivity index (χ2n) is 8.24. The van der Waals surface area contributed by atoms with Gasteiger partial charge in [0.1, 0.15) is 24.0 Å². The Labute approximate surface area is 192 Å². The number of carboxylic acid groups (broad SMARTS) is 1. The highest BCUT2D eigenvalue weighted by molar-refractivity contribution is 5.76. The first-order chi connectivity index (χ1) is 16.0. The molecule has 1 aliphatic rings. The molecule has 8 nitrogen and oxygen atoms in total. The number of aliphatic carboxylic acids is 1. The maximum absolute atomic E-state index is 12.8. The molecule has 33 heavy (non-hydrogen) atoms. The molecule has 0 unspecified atom stereocenters. The van der Waals surface area contributed by atoms with Gasteiger partial charge in [0.2, 0.25) is 6.43 Å². The average Bonchev–Trinajstić information content (AvgIpc) is 2.82. The van der Waals surface area contributed by atoms with Crippen LogP contribution >= 0.6 is 0 Å². The van der Waals surface area contributed by atoms with Crippen molar-refractivity contribution in [1.82, 2.24) is 19.9 Å². The van der Waals surface area contributed by atoms with Crippen LogP contribution in [0.4, 0.5) is 20.4 Å². The number of hydrogen-bond acceptors (Lipinski definition) is 7. The average molecular weight is 463 g/mol. The van der Waals surface area contributed by atoms with Gasteiger partial charge in [-0.25, -0.2) is 28.5 Å². The number of aromatic nitrogens is 3. The molecule has 2 aromatic heterocycles. The van der Waals surface area contributed by atoms with E-state index in [4.69, 9.17) is 4.98 Å². The number of alkyl halides is 2. The Morgan fingerprint density at radius 1 is 1.18 bits per heavy atom. The van der Waals surface area contributed by atoms with E-state index >= 15 is 0 Å². The summed E-state index contributed by atoms with van der Waals surface area (Å²) >= 11 is 0. The minimum Gasteiger partial charge on any atom is -0.480 e. The second-order valence-corrected chi connectivity index (χ2v) is 8.24. The normalized spacial score (nSPS) is 14.1. The summed E-state index contributed by atoms with van der Waals surface area (Å²) in [6, 6.07) is 4.93. The molecule has 2 aromatic rings. The summed E-state index contributed by atoms with van der Waals surface area (Å²) in [7, 11) is 0. The molecule has 0 spiro atoms. The molecule has 0 saturated carbocycles. The SMILES string of the molecule is O=C(O)[C@H](CCN(CCCCc1ccc2c(n1)NCCC2)CCC(F)F)Nc1ccncn1. The summed E-state index contributed by atoms with van der Waals surface area (Å²) in [4.78, 5) is 26.1. The molecule has 0 aliphatic carbocycles. The molecular weight excluding hydrogens is 430 g/mol. The highest BCUT2D eigenvalue weighted by Crippen LogP contribution is 2.20. The zero-order chi connectivity index (χ0) is 23.5. The van der Waals surface area contributed by atoms with Crippen LogP contribution in [0.3, 0.4) is 0 Å². The van der Waals surface area contributed by atoms with Crippen molar-refractivity contribution in [3.05, 3.63) is 42.0 Å². The third kappa shape index (κ3) is 8.53. The summed E-state index contributed by atoms with van der Waals surface area (Å²) in [5.41, 5.74) is 2.29. The van der Waals surface area contributed by atoms with E-state index < -0.39 is 18.4 Å². The lowest BCUT2D eigenvalue weighted by Crippen LogP contribution is -2.36. The summed E-state index contributed by atoms with van der Waals surface area (Å²) < 4.78 is 25.6. The van der Waals surface area contributed by atoms with Crippen LogP contribution < -0.4 is 10.6 Å². The lowest BCUT2D eigenvalue weighted by molar-refractivity contribution is -0.138. The van der Waals surface area contributed by atoms with Crippen molar-refractivity contribution in [2.24, 2.45) is 0 Å². The Hall–Kier alpha value is -2.88. The van der Waals surface area contributed by atoms with E-state index in [1.54, 1.807) is 6.07 Å². The third-order valence-corrected chi connectivity index (χ3v) is 5.71. The van der Waals surface area contributed by atoms with Crippen molar-refractivity contribution in [1.29, 1.82) is 0 Å². The maximum atomic E-state index is 12.8. The number of anilines is 2. The molecule has 180 valence electrons. The number of hydrogen-bond donors (Lipinski definition) is 3. The van der Waals surface area contributed by atoms with Crippen LogP contribution in [-0.4, -0.2) is 69.6 Å². The van der Waals surface area contributed by atoms with Gasteiger partial charge in [-0.15, -0.1) is 0 Å². The highest BCUT2D eigenvalue weighted by atomic mass is 19.3. The zero-order valence-electron chi connectivity index (χ0n) is 18.7. The van der Waals surface area contributed by atoms with Gasteiger partial charge in [-0.2, -0.15) is 0 Å². The number of halogens is 2. The summed E-state index contributed by atoms with van der Waals surface area (Å²) in [5.74, 6) is 0.395. The quantitative estimate of drug-likeness (QED) is 0.367. The van der Waals surface area contributed by atoms with Crippen molar-refractivity contribution in [2.75, 3.05) is 36.8 Å². The number of rotatable bonds is 14. The molecule has 10 heteroatoms. The van der Waals surface area contributed by atoms with Crippen LogP contribution in [0.1, 0.15) is 43.4 Å². The van der Waals surface area contributed by atoms with Crippen LogP contribution in [0.2, 0.25) is 0 Å². The fraction of sp³-hybridized carbons (Fsp3) is 0.565. The first-order valence-corrected chi connectivity index (χ1v) is 11.5. The van der Waals surface area contributed by atoms with Crippen LogP contribution in [-0.2, 0) is 17.6 Å². The van der Waals surface area contributed by atoms with Crippen molar-refractivity contribution >= 4 is 17.6 Å². The van der Waals surface area contributed by atoms with Gasteiger partial charge in [-0.05, 0) is 62.8 Å². The molecule has 0 bridgehead atoms. The van der Waals surface area contributed by atoms with Gasteiger partial charge in [0, 0.05) is 37.9 Å². The second kappa shape index (κ2) is 13.0. The van der Waals surface area contributed by atoms with Crippen LogP contribution in [0.25, 0.3) is 0 Å². The number of pyridine rings is 1. The molecule has 3 N–H and O–H groups in total. The van der Waals surface area contributed by atoms with Gasteiger partial charge in [-0.3, -0.25) is 0 Å². The topological polar surface area (TPSA) is 103 Å². The number of nitrogens with one attached hydrogen (secondary N) is 2. The minimum absolute atomic E-state index is 0.227. The molecular formula is C23H32F2N6O2. The fourth-order valence-electron chi connectivity index (χ4n) is 3.89. The summed E-state index contributed by atoms with van der Waals surface area (Å²) in [5, 5.41) is 15.7. The fourth-order valence-corrected chi connectivity index (χ4v) is 3.89. The molecule has 3 heterocycles. The molecule has 0 fully saturated rings. The summed E-state index contributed by atoms with van der Waals surface area (Å²) in [6.07, 6.45) is 5.25. The molecule has 3 rings (SSSR count). The Kier molecular flexibility index (Phi) is 9.74. The Morgan fingerprint density at radius 2 is 2.03 bits per heavy atom. The molecule has 0 saturated heterocycles. The number of carbonyl (C=O) groups is 1. The number of fused-ring (bicyclic) bond motifs is 1. The predicted molar refractivity (Wildman–Crippen MR) is 123 cm³/mol. The van der Waals surface area contributed by atoms with E-state index in [1.807, 2.05) is 4.90 Å². The van der Waals surface area contributed by atoms with Gasteiger partial charge < -0.3 is 20.6 Å². The number of aryl methyl sites for hydroxylation is 2. The van der Waals surface area contributed by atoms with Gasteiger partial charge in [0.05, 0.1) is 0 Å². The van der Waals surface area contributed by atoms with Crippen LogP contribution in [0.15, 0.2) is 30.7 Å². The molecule has 0 aromatic carbocycles. The zero-order valence-corrected chi connectivity index (χ0v) is 18.7. The lowest BCUT2D eigenvalue weighted by Gasteiger charge is -2.24. The van der Waals surface area contributed by atoms with E-state index in [0.29, 0.717) is 18.9 Å². The maximum Gasteiger partial charge on any atom is 0.326 e. The largest absolute Gasteiger partial charge is 0.480 e. The van der Waals surface area contributed by atoms with Gasteiger partial charge in [-0.1, -0.05) is 6.07 Å². The van der Waals surface area contributed by atoms with Gasteiger partial charge in [0.25, 0.3) is 0 Å². The Bertz CT molecular complexity index is 871. The summed E-state index contributed by atoms with van der Waals surface area (Å²) in [6.45, 7) is 2.23. The number of nitrogens with zero attached hydrogens (tertiary/aromatic N) is 4. The van der Waals surface area contributed by atoms with Crippen LogP contribution in [0.5, 0.6) is 0 Å². The number of carboxylic acids is 1. The van der Waals surface area contributed by atoms with E-state index in [0.717, 1.165) is 50.2 Å².